The van der Waals surface area contributed by atoms with Gasteiger partial charge < -0.3 is 9.52 Å². The molecule has 5 nitrogen and oxygen atoms in total. The standard InChI is InChI=1S/C11H7NO4/c13-5-9-3-8(7-1-2-16-6-7)4-10(12-15)11(9)14/h1-6,14H. The zero-order chi connectivity index (χ0) is 11.5. The SMILES string of the molecule is O=Cc1cc(-c2ccoc2)cc(N=O)c1O. The van der Waals surface area contributed by atoms with Crippen molar-refractivity contribution in [3.05, 3.63) is 41.2 Å². The Labute approximate surface area is 90.3 Å². The van der Waals surface area contributed by atoms with Gasteiger partial charge in [0, 0.05) is 5.56 Å². The second-order valence-electron chi connectivity index (χ2n) is 3.15. The Bertz CT molecular complexity index is 502. The minimum absolute atomic E-state index is 0.0216. The summed E-state index contributed by atoms with van der Waals surface area (Å²) in [6.07, 6.45) is 3.40. The highest BCUT2D eigenvalue weighted by atomic mass is 16.3. The van der Waals surface area contributed by atoms with E-state index in [0.29, 0.717) is 17.4 Å². The van der Waals surface area contributed by atoms with E-state index in [9.17, 15) is 14.8 Å². The highest BCUT2D eigenvalue weighted by Gasteiger charge is 2.11. The molecule has 0 fully saturated rings. The second kappa shape index (κ2) is 3.98. The summed E-state index contributed by atoms with van der Waals surface area (Å²) in [5.41, 5.74) is 1.14. The third-order valence-corrected chi connectivity index (χ3v) is 2.20. The summed E-state index contributed by atoms with van der Waals surface area (Å²) in [4.78, 5) is 21.2. The van der Waals surface area contributed by atoms with Gasteiger partial charge in [-0.2, -0.15) is 0 Å². The second-order valence-corrected chi connectivity index (χ2v) is 3.15. The number of rotatable bonds is 3. The Balaban J connectivity index is 2.64. The van der Waals surface area contributed by atoms with Gasteiger partial charge in [-0.15, -0.1) is 4.91 Å². The first-order valence-corrected chi connectivity index (χ1v) is 4.44. The molecule has 80 valence electrons. The van der Waals surface area contributed by atoms with Crippen LogP contribution in [0.25, 0.3) is 11.1 Å². The van der Waals surface area contributed by atoms with Crippen LogP contribution in [0, 0.1) is 4.91 Å². The highest BCUT2D eigenvalue weighted by molar-refractivity contribution is 5.86. The third-order valence-electron chi connectivity index (χ3n) is 2.20. The summed E-state index contributed by atoms with van der Waals surface area (Å²) in [6, 6.07) is 4.53. The summed E-state index contributed by atoms with van der Waals surface area (Å²) in [5.74, 6) is -0.405. The Morgan fingerprint density at radius 1 is 1.31 bits per heavy atom. The number of phenolic OH excluding ortho intramolecular Hbond substituents is 1. The molecule has 0 unspecified atom stereocenters. The van der Waals surface area contributed by atoms with Crippen LogP contribution in [0.5, 0.6) is 5.75 Å². The van der Waals surface area contributed by atoms with Gasteiger partial charge in [0.1, 0.15) is 0 Å². The van der Waals surface area contributed by atoms with Gasteiger partial charge in [0.15, 0.2) is 17.7 Å². The quantitative estimate of drug-likeness (QED) is 0.633. The zero-order valence-electron chi connectivity index (χ0n) is 8.08. The van der Waals surface area contributed by atoms with Crippen LogP contribution in [0.1, 0.15) is 10.4 Å². The van der Waals surface area contributed by atoms with E-state index < -0.39 is 5.75 Å². The van der Waals surface area contributed by atoms with Gasteiger partial charge in [-0.1, -0.05) is 0 Å². The van der Waals surface area contributed by atoms with E-state index in [1.807, 2.05) is 0 Å². The summed E-state index contributed by atoms with van der Waals surface area (Å²) in [5, 5.41) is 12.1. The molecule has 2 rings (SSSR count). The number of carbonyl (C=O) groups excluding carboxylic acids is 1. The van der Waals surface area contributed by atoms with Crippen molar-refractivity contribution in [3.63, 3.8) is 0 Å². The first-order chi connectivity index (χ1) is 7.76. The van der Waals surface area contributed by atoms with Crippen molar-refractivity contribution in [3.8, 4) is 16.9 Å². The lowest BCUT2D eigenvalue weighted by Crippen LogP contribution is -1.84. The Morgan fingerprint density at radius 3 is 2.69 bits per heavy atom. The molecule has 2 aromatic rings. The number of benzene rings is 1. The molecule has 1 aromatic carbocycles. The van der Waals surface area contributed by atoms with Crippen LogP contribution in [0.15, 0.2) is 40.3 Å². The molecule has 1 aromatic heterocycles. The number of nitrogens with zero attached hydrogens (tertiary/aromatic N) is 1. The van der Waals surface area contributed by atoms with Gasteiger partial charge in [0.2, 0.25) is 0 Å². The Hall–Kier alpha value is -2.43. The van der Waals surface area contributed by atoms with Gasteiger partial charge in [0.25, 0.3) is 0 Å². The lowest BCUT2D eigenvalue weighted by molar-refractivity contribution is 0.112. The number of phenols is 1. The maximum absolute atomic E-state index is 10.7. The van der Waals surface area contributed by atoms with Crippen LogP contribution >= 0.6 is 0 Å². The van der Waals surface area contributed by atoms with Crippen LogP contribution in [0.2, 0.25) is 0 Å². The first-order valence-electron chi connectivity index (χ1n) is 4.44. The molecule has 16 heavy (non-hydrogen) atoms. The number of furan rings is 1. The molecule has 0 radical (unpaired) electrons. The Morgan fingerprint density at radius 2 is 2.12 bits per heavy atom. The molecule has 1 heterocycles. The van der Waals surface area contributed by atoms with E-state index in [0.717, 1.165) is 0 Å². The van der Waals surface area contributed by atoms with Crippen molar-refractivity contribution in [2.45, 2.75) is 0 Å². The van der Waals surface area contributed by atoms with Crippen molar-refractivity contribution in [2.75, 3.05) is 0 Å². The van der Waals surface area contributed by atoms with Gasteiger partial charge in [-0.05, 0) is 28.9 Å². The van der Waals surface area contributed by atoms with E-state index >= 15 is 0 Å². The van der Waals surface area contributed by atoms with Gasteiger partial charge in [-0.25, -0.2) is 0 Å². The van der Waals surface area contributed by atoms with E-state index in [1.165, 1.54) is 24.7 Å². The molecule has 0 aliphatic carbocycles. The minimum atomic E-state index is -0.405. The van der Waals surface area contributed by atoms with Crippen molar-refractivity contribution in [2.24, 2.45) is 5.18 Å². The van der Waals surface area contributed by atoms with Crippen LogP contribution in [-0.2, 0) is 0 Å². The number of carbonyl (C=O) groups is 1. The van der Waals surface area contributed by atoms with Crippen LogP contribution in [0.4, 0.5) is 5.69 Å². The van der Waals surface area contributed by atoms with Crippen molar-refractivity contribution >= 4 is 12.0 Å². The van der Waals surface area contributed by atoms with Crippen LogP contribution in [-0.4, -0.2) is 11.4 Å². The lowest BCUT2D eigenvalue weighted by atomic mass is 10.0. The molecule has 1 N–H and O–H groups in total. The lowest BCUT2D eigenvalue weighted by Gasteiger charge is -2.03. The molecule has 0 atom stereocenters. The molecule has 0 aliphatic heterocycles. The van der Waals surface area contributed by atoms with E-state index in [2.05, 4.69) is 5.18 Å². The largest absolute Gasteiger partial charge is 0.505 e. The van der Waals surface area contributed by atoms with Gasteiger partial charge >= 0.3 is 0 Å². The van der Waals surface area contributed by atoms with E-state index in [1.54, 1.807) is 6.07 Å². The fraction of sp³-hybridized carbons (Fsp3) is 0. The minimum Gasteiger partial charge on any atom is -0.505 e. The number of aldehydes is 1. The summed E-state index contributed by atoms with van der Waals surface area (Å²) >= 11 is 0. The van der Waals surface area contributed by atoms with Crippen molar-refractivity contribution < 1.29 is 14.3 Å². The molecular weight excluding hydrogens is 210 g/mol. The highest BCUT2D eigenvalue weighted by Crippen LogP contribution is 2.34. The third kappa shape index (κ3) is 1.58. The number of hydrogen-bond acceptors (Lipinski definition) is 5. The zero-order valence-corrected chi connectivity index (χ0v) is 8.08. The average Bonchev–Trinajstić information content (AvgIpc) is 2.83. The van der Waals surface area contributed by atoms with Crippen molar-refractivity contribution in [1.82, 2.24) is 0 Å². The summed E-state index contributed by atoms with van der Waals surface area (Å²) in [7, 11) is 0. The first kappa shape index (κ1) is 10.1. The predicted octanol–water partition coefficient (Wildman–Crippen LogP) is 2.86. The molecule has 0 aliphatic rings. The van der Waals surface area contributed by atoms with Gasteiger partial charge in [-0.3, -0.25) is 4.79 Å². The molecular formula is C11H7NO4. The van der Waals surface area contributed by atoms with Gasteiger partial charge in [0.05, 0.1) is 18.1 Å². The number of aromatic hydroxyl groups is 1. The average molecular weight is 217 g/mol. The topological polar surface area (TPSA) is 79.9 Å². The smallest absolute Gasteiger partial charge is 0.155 e. The fourth-order valence-corrected chi connectivity index (χ4v) is 1.40. The fourth-order valence-electron chi connectivity index (χ4n) is 1.40. The maximum Gasteiger partial charge on any atom is 0.155 e. The number of nitroso groups, excluding NO2 is 1. The molecule has 0 saturated carbocycles. The molecule has 0 amide bonds. The van der Waals surface area contributed by atoms with E-state index in [4.69, 9.17) is 4.42 Å². The van der Waals surface area contributed by atoms with E-state index in [-0.39, 0.29) is 11.3 Å². The molecule has 0 bridgehead atoms. The molecule has 5 heteroatoms. The molecule has 0 spiro atoms. The maximum atomic E-state index is 10.7. The summed E-state index contributed by atoms with van der Waals surface area (Å²) in [6.45, 7) is 0. The summed E-state index contributed by atoms with van der Waals surface area (Å²) < 4.78 is 4.89. The van der Waals surface area contributed by atoms with Crippen LogP contribution < -0.4 is 0 Å². The van der Waals surface area contributed by atoms with Crippen molar-refractivity contribution in [1.29, 1.82) is 0 Å². The Kier molecular flexibility index (Phi) is 2.51. The predicted molar refractivity (Wildman–Crippen MR) is 56.7 cm³/mol. The number of hydrogen-bond donors (Lipinski definition) is 1. The van der Waals surface area contributed by atoms with Crippen LogP contribution in [0.3, 0.4) is 0 Å². The molecule has 0 saturated heterocycles. The monoisotopic (exact) mass is 217 g/mol. The normalized spacial score (nSPS) is 10.0.